The largest absolute Gasteiger partial charge is 0.387 e. The number of para-hydroxylation sites is 1. The summed E-state index contributed by atoms with van der Waals surface area (Å²) >= 11 is 0. The molecule has 0 unspecified atom stereocenters. The zero-order chi connectivity index (χ0) is 20.5. The number of aromatic nitrogens is 5. The number of hydrogen-bond donors (Lipinski definition) is 0. The van der Waals surface area contributed by atoms with Crippen LogP contribution in [0.2, 0.25) is 0 Å². The maximum atomic E-state index is 5.40. The molecule has 0 spiro atoms. The van der Waals surface area contributed by atoms with Crippen LogP contribution >= 0.6 is 0 Å². The topological polar surface area (TPSA) is 69.6 Å². The van der Waals surface area contributed by atoms with E-state index in [-0.39, 0.29) is 6.61 Å². The van der Waals surface area contributed by atoms with Crippen molar-refractivity contribution in [3.05, 3.63) is 89.6 Å². The molecule has 0 fully saturated rings. The number of oxime groups is 1. The van der Waals surface area contributed by atoms with Crippen LogP contribution in [-0.4, -0.2) is 30.4 Å². The van der Waals surface area contributed by atoms with Crippen LogP contribution in [0.1, 0.15) is 22.6 Å². The van der Waals surface area contributed by atoms with Gasteiger partial charge in [0.2, 0.25) is 0 Å². The van der Waals surface area contributed by atoms with Gasteiger partial charge in [0.1, 0.15) is 6.33 Å². The van der Waals surface area contributed by atoms with E-state index in [0.717, 1.165) is 39.2 Å². The number of aryl methyl sites for hydroxylation is 1. The van der Waals surface area contributed by atoms with Gasteiger partial charge in [0.25, 0.3) is 0 Å². The van der Waals surface area contributed by atoms with E-state index < -0.39 is 0 Å². The molecule has 2 aromatic carbocycles. The van der Waals surface area contributed by atoms with Crippen molar-refractivity contribution < 1.29 is 4.84 Å². The van der Waals surface area contributed by atoms with Crippen LogP contribution in [0.3, 0.4) is 0 Å². The predicted molar refractivity (Wildman–Crippen MR) is 116 cm³/mol. The summed E-state index contributed by atoms with van der Waals surface area (Å²) < 4.78 is 3.85. The first kappa shape index (κ1) is 18.1. The van der Waals surface area contributed by atoms with Crippen molar-refractivity contribution in [1.29, 1.82) is 0 Å². The molecule has 0 aliphatic carbocycles. The smallest absolute Gasteiger partial charge is 0.192 e. The van der Waals surface area contributed by atoms with Gasteiger partial charge in [-0.1, -0.05) is 53.7 Å². The second-order valence-electron chi connectivity index (χ2n) is 7.04. The molecule has 0 aliphatic heterocycles. The second kappa shape index (κ2) is 7.44. The molecule has 5 aromatic rings. The summed E-state index contributed by atoms with van der Waals surface area (Å²) in [7, 11) is 0. The third-order valence-corrected chi connectivity index (χ3v) is 5.16. The van der Waals surface area contributed by atoms with E-state index in [2.05, 4.69) is 45.8 Å². The Labute approximate surface area is 173 Å². The molecule has 0 saturated carbocycles. The molecule has 7 nitrogen and oxygen atoms in total. The number of hydrogen-bond acceptors (Lipinski definition) is 5. The number of rotatable bonds is 5. The lowest BCUT2D eigenvalue weighted by Crippen LogP contribution is -1.99. The van der Waals surface area contributed by atoms with Crippen molar-refractivity contribution in [2.45, 2.75) is 20.5 Å². The first-order chi connectivity index (χ1) is 14.7. The summed E-state index contributed by atoms with van der Waals surface area (Å²) in [4.78, 5) is 14.8. The predicted octanol–water partition coefficient (Wildman–Crippen LogP) is 4.24. The fraction of sp³-hybridized carbons (Fsp3) is 0.130. The van der Waals surface area contributed by atoms with Gasteiger partial charge in [-0.15, -0.1) is 5.10 Å². The summed E-state index contributed by atoms with van der Waals surface area (Å²) in [5.41, 5.74) is 5.94. The molecule has 0 atom stereocenters. The van der Waals surface area contributed by atoms with E-state index in [0.29, 0.717) is 5.82 Å². The highest BCUT2D eigenvalue weighted by Gasteiger charge is 2.18. The Morgan fingerprint density at radius 2 is 1.70 bits per heavy atom. The Hall–Kier alpha value is -4.00. The Kier molecular flexibility index (Phi) is 4.48. The van der Waals surface area contributed by atoms with Crippen molar-refractivity contribution in [2.24, 2.45) is 5.16 Å². The van der Waals surface area contributed by atoms with Gasteiger partial charge in [0.05, 0.1) is 11.6 Å². The van der Waals surface area contributed by atoms with Crippen molar-refractivity contribution >= 4 is 22.9 Å². The second-order valence-corrected chi connectivity index (χ2v) is 7.04. The number of nitrogens with zero attached hydrogens (tertiary/aromatic N) is 6. The molecule has 0 saturated heterocycles. The van der Waals surface area contributed by atoms with Gasteiger partial charge < -0.3 is 4.84 Å². The molecular formula is C23H20N6O. The summed E-state index contributed by atoms with van der Waals surface area (Å²) in [5, 5.41) is 9.50. The number of fused-ring (bicyclic) bond motifs is 3. The zero-order valence-electron chi connectivity index (χ0n) is 16.7. The zero-order valence-corrected chi connectivity index (χ0v) is 16.7. The molecule has 0 aliphatic rings. The van der Waals surface area contributed by atoms with Crippen LogP contribution in [-0.2, 0) is 11.4 Å². The Morgan fingerprint density at radius 3 is 2.47 bits per heavy atom. The maximum Gasteiger partial charge on any atom is 0.192 e. The Balaban J connectivity index is 1.49. The quantitative estimate of drug-likeness (QED) is 0.329. The molecule has 30 heavy (non-hydrogen) atoms. The monoisotopic (exact) mass is 396 g/mol. The molecule has 148 valence electrons. The summed E-state index contributed by atoms with van der Waals surface area (Å²) in [5.74, 6) is 0.555. The molecule has 0 bridgehead atoms. The summed E-state index contributed by atoms with van der Waals surface area (Å²) in [6.07, 6.45) is 3.36. The van der Waals surface area contributed by atoms with Crippen LogP contribution < -0.4 is 0 Å². The Bertz CT molecular complexity index is 1350. The minimum atomic E-state index is 0.184. The lowest BCUT2D eigenvalue weighted by Gasteiger charge is -2.07. The minimum absolute atomic E-state index is 0.184. The van der Waals surface area contributed by atoms with Crippen molar-refractivity contribution in [3.8, 4) is 5.69 Å². The molecule has 3 aromatic heterocycles. The van der Waals surface area contributed by atoms with Crippen molar-refractivity contribution in [2.75, 3.05) is 0 Å². The average molecular weight is 396 g/mol. The third kappa shape index (κ3) is 3.10. The van der Waals surface area contributed by atoms with Crippen molar-refractivity contribution in [3.63, 3.8) is 0 Å². The van der Waals surface area contributed by atoms with Gasteiger partial charge in [-0.2, -0.15) is 0 Å². The molecule has 0 amide bonds. The fourth-order valence-corrected chi connectivity index (χ4v) is 3.59. The lowest BCUT2D eigenvalue weighted by atomic mass is 10.2. The van der Waals surface area contributed by atoms with E-state index in [1.54, 1.807) is 17.1 Å². The molecule has 5 rings (SSSR count). The molecular weight excluding hydrogens is 376 g/mol. The highest BCUT2D eigenvalue weighted by atomic mass is 16.6. The SMILES string of the molecule is Cc1c(C)n(-c2ccccc2)c2ncn3nc(CO/N=C/c4ccccc4)nc3c12. The van der Waals surface area contributed by atoms with Gasteiger partial charge in [0.15, 0.2) is 23.7 Å². The van der Waals surface area contributed by atoms with Crippen LogP contribution in [0, 0.1) is 13.8 Å². The first-order valence-corrected chi connectivity index (χ1v) is 9.70. The van der Waals surface area contributed by atoms with Crippen LogP contribution in [0.25, 0.3) is 22.4 Å². The van der Waals surface area contributed by atoms with Gasteiger partial charge >= 0.3 is 0 Å². The van der Waals surface area contributed by atoms with Gasteiger partial charge in [-0.3, -0.25) is 4.57 Å². The maximum absolute atomic E-state index is 5.40. The molecule has 0 radical (unpaired) electrons. The molecule has 0 N–H and O–H groups in total. The third-order valence-electron chi connectivity index (χ3n) is 5.16. The Morgan fingerprint density at radius 1 is 0.967 bits per heavy atom. The standard InChI is InChI=1S/C23H20N6O/c1-16-17(2)29(19-11-7-4-8-12-19)22-21(16)23-26-20(27-28(23)15-24-22)14-30-25-13-18-9-5-3-6-10-18/h3-13,15H,14H2,1-2H3/b25-13+. The average Bonchev–Trinajstić information content (AvgIpc) is 3.31. The van der Waals surface area contributed by atoms with E-state index in [1.165, 1.54) is 0 Å². The summed E-state index contributed by atoms with van der Waals surface area (Å²) in [6.45, 7) is 4.37. The van der Waals surface area contributed by atoms with E-state index in [9.17, 15) is 0 Å². The van der Waals surface area contributed by atoms with Crippen LogP contribution in [0.15, 0.2) is 72.1 Å². The highest BCUT2D eigenvalue weighted by Crippen LogP contribution is 2.29. The van der Waals surface area contributed by atoms with Gasteiger partial charge in [0, 0.05) is 11.4 Å². The van der Waals surface area contributed by atoms with Gasteiger partial charge in [-0.25, -0.2) is 14.5 Å². The highest BCUT2D eigenvalue weighted by molar-refractivity contribution is 5.94. The number of benzene rings is 2. The van der Waals surface area contributed by atoms with Gasteiger partial charge in [-0.05, 0) is 37.1 Å². The first-order valence-electron chi connectivity index (χ1n) is 9.70. The summed E-state index contributed by atoms with van der Waals surface area (Å²) in [6, 6.07) is 20.0. The van der Waals surface area contributed by atoms with Crippen molar-refractivity contribution in [1.82, 2.24) is 24.1 Å². The normalized spacial score (nSPS) is 11.7. The fourth-order valence-electron chi connectivity index (χ4n) is 3.59. The van der Waals surface area contributed by atoms with Crippen LogP contribution in [0.5, 0.6) is 0 Å². The molecule has 3 heterocycles. The minimum Gasteiger partial charge on any atom is -0.387 e. The molecule has 7 heteroatoms. The van der Waals surface area contributed by atoms with E-state index >= 15 is 0 Å². The van der Waals surface area contributed by atoms with E-state index in [1.807, 2.05) is 48.5 Å². The van der Waals surface area contributed by atoms with Crippen LogP contribution in [0.4, 0.5) is 0 Å². The van der Waals surface area contributed by atoms with E-state index in [4.69, 9.17) is 9.82 Å². The lowest BCUT2D eigenvalue weighted by molar-refractivity contribution is 0.126.